The highest BCUT2D eigenvalue weighted by Gasteiger charge is 2.46. The molecular formula is C22H22N2O2S2. The molecule has 1 heterocycles. The van der Waals surface area contributed by atoms with Crippen LogP contribution < -0.4 is 5.32 Å². The predicted molar refractivity (Wildman–Crippen MR) is 119 cm³/mol. The van der Waals surface area contributed by atoms with Crippen LogP contribution in [0, 0.1) is 0 Å². The lowest BCUT2D eigenvalue weighted by Gasteiger charge is -2.42. The molecule has 2 aromatic carbocycles. The van der Waals surface area contributed by atoms with Gasteiger partial charge >= 0.3 is 0 Å². The summed E-state index contributed by atoms with van der Waals surface area (Å²) in [6.45, 7) is 4.25. The van der Waals surface area contributed by atoms with E-state index in [1.54, 1.807) is 11.0 Å². The van der Waals surface area contributed by atoms with Gasteiger partial charge in [-0.2, -0.15) is 0 Å². The minimum absolute atomic E-state index is 0.181. The molecule has 1 atom stereocenters. The van der Waals surface area contributed by atoms with Crippen molar-refractivity contribution in [1.29, 1.82) is 0 Å². The molecule has 1 N–H and O–H groups in total. The van der Waals surface area contributed by atoms with E-state index >= 15 is 0 Å². The molecule has 1 saturated heterocycles. The first kappa shape index (κ1) is 20.3. The third-order valence-corrected chi connectivity index (χ3v) is 6.10. The number of nitrogens with zero attached hydrogens (tertiary/aromatic N) is 1. The van der Waals surface area contributed by atoms with Crippen molar-refractivity contribution >= 4 is 46.2 Å². The molecule has 144 valence electrons. The maximum atomic E-state index is 13.2. The third-order valence-electron chi connectivity index (χ3n) is 4.48. The van der Waals surface area contributed by atoms with Crippen molar-refractivity contribution in [2.75, 3.05) is 0 Å². The second-order valence-corrected chi connectivity index (χ2v) is 9.36. The van der Waals surface area contributed by atoms with Crippen molar-refractivity contribution in [1.82, 2.24) is 10.2 Å². The van der Waals surface area contributed by atoms with Crippen molar-refractivity contribution in [3.63, 3.8) is 0 Å². The van der Waals surface area contributed by atoms with Gasteiger partial charge in [0.2, 0.25) is 5.91 Å². The summed E-state index contributed by atoms with van der Waals surface area (Å²) in [4.78, 5) is 27.2. The van der Waals surface area contributed by atoms with Crippen molar-refractivity contribution in [2.24, 2.45) is 0 Å². The molecule has 28 heavy (non-hydrogen) atoms. The van der Waals surface area contributed by atoms with E-state index in [9.17, 15) is 9.59 Å². The van der Waals surface area contributed by atoms with Crippen molar-refractivity contribution < 1.29 is 9.59 Å². The lowest BCUT2D eigenvalue weighted by molar-refractivity contribution is -0.133. The maximum Gasteiger partial charge on any atom is 0.252 e. The van der Waals surface area contributed by atoms with Crippen LogP contribution in [0.25, 0.3) is 6.08 Å². The average Bonchev–Trinajstić information content (AvgIpc) is 2.68. The first-order chi connectivity index (χ1) is 13.4. The first-order valence-corrected chi connectivity index (χ1v) is 10.2. The summed E-state index contributed by atoms with van der Waals surface area (Å²) in [6, 6.07) is 18.6. The van der Waals surface area contributed by atoms with Crippen LogP contribution in [0.4, 0.5) is 0 Å². The summed E-state index contributed by atoms with van der Waals surface area (Å²) < 4.78 is 0.00149. The molecule has 3 rings (SSSR count). The highest BCUT2D eigenvalue weighted by atomic mass is 32.2. The van der Waals surface area contributed by atoms with Crippen LogP contribution in [-0.4, -0.2) is 31.8 Å². The van der Waals surface area contributed by atoms with Gasteiger partial charge in [0.25, 0.3) is 5.91 Å². The monoisotopic (exact) mass is 410 g/mol. The highest BCUT2D eigenvalue weighted by molar-refractivity contribution is 8.24. The van der Waals surface area contributed by atoms with Crippen LogP contribution in [0.3, 0.4) is 0 Å². The van der Waals surface area contributed by atoms with E-state index in [2.05, 4.69) is 5.32 Å². The smallest absolute Gasteiger partial charge is 0.252 e. The summed E-state index contributed by atoms with van der Waals surface area (Å²) in [6.07, 6.45) is 3.19. The number of amides is 2. The topological polar surface area (TPSA) is 49.4 Å². The minimum atomic E-state index is -0.666. The van der Waals surface area contributed by atoms with E-state index in [1.807, 2.05) is 74.5 Å². The van der Waals surface area contributed by atoms with Gasteiger partial charge < -0.3 is 5.32 Å². The van der Waals surface area contributed by atoms with Gasteiger partial charge in [0.15, 0.2) is 0 Å². The number of carbonyl (C=O) groups is 2. The molecule has 4 nitrogen and oxygen atoms in total. The van der Waals surface area contributed by atoms with Gasteiger partial charge in [-0.05, 0) is 31.1 Å². The lowest BCUT2D eigenvalue weighted by Crippen LogP contribution is -2.61. The predicted octanol–water partition coefficient (Wildman–Crippen LogP) is 4.02. The van der Waals surface area contributed by atoms with Gasteiger partial charge in [-0.1, -0.05) is 84.6 Å². The number of hydrogen-bond donors (Lipinski definition) is 1. The van der Waals surface area contributed by atoms with E-state index in [1.165, 1.54) is 17.8 Å². The van der Waals surface area contributed by atoms with Crippen molar-refractivity contribution in [3.05, 3.63) is 77.9 Å². The maximum absolute atomic E-state index is 13.2. The Hall–Kier alpha value is -2.44. The SMILES string of the molecule is CC1(C)SC(=S)N(Cc2ccccc2)C(=O)C1NC(=O)C=Cc1ccccc1. The fourth-order valence-electron chi connectivity index (χ4n) is 2.95. The number of rotatable bonds is 5. The molecule has 1 aliphatic heterocycles. The largest absolute Gasteiger partial charge is 0.339 e. The molecule has 2 amide bonds. The minimum Gasteiger partial charge on any atom is -0.339 e. The third kappa shape index (κ3) is 4.88. The molecule has 0 aliphatic carbocycles. The average molecular weight is 411 g/mol. The highest BCUT2D eigenvalue weighted by Crippen LogP contribution is 2.37. The van der Waals surface area contributed by atoms with Gasteiger partial charge in [-0.25, -0.2) is 0 Å². The number of nitrogens with one attached hydrogen (secondary N) is 1. The molecule has 1 fully saturated rings. The van der Waals surface area contributed by atoms with Gasteiger partial charge in [0, 0.05) is 10.8 Å². The van der Waals surface area contributed by atoms with E-state index < -0.39 is 10.8 Å². The van der Waals surface area contributed by atoms with Crippen LogP contribution in [0.1, 0.15) is 25.0 Å². The first-order valence-electron chi connectivity index (χ1n) is 8.99. The molecule has 0 bridgehead atoms. The number of hydrogen-bond acceptors (Lipinski definition) is 4. The summed E-state index contributed by atoms with van der Waals surface area (Å²) >= 11 is 6.91. The van der Waals surface area contributed by atoms with Gasteiger partial charge in [-0.3, -0.25) is 14.5 Å². The number of benzene rings is 2. The fourth-order valence-corrected chi connectivity index (χ4v) is 4.74. The standard InChI is InChI=1S/C22H22N2O2S2/c1-22(2)19(23-18(25)14-13-16-9-5-3-6-10-16)20(26)24(21(27)28-22)15-17-11-7-4-8-12-17/h3-14,19H,15H2,1-2H3,(H,23,25). The Kier molecular flexibility index (Phi) is 6.31. The van der Waals surface area contributed by atoms with E-state index in [4.69, 9.17) is 12.2 Å². The number of thiocarbonyl (C=S) groups is 1. The lowest BCUT2D eigenvalue weighted by atomic mass is 10.0. The van der Waals surface area contributed by atoms with Crippen LogP contribution in [-0.2, 0) is 16.1 Å². The van der Waals surface area contributed by atoms with Gasteiger partial charge in [-0.15, -0.1) is 0 Å². The molecular weight excluding hydrogens is 388 g/mol. The molecule has 6 heteroatoms. The Bertz CT molecular complexity index is 895. The van der Waals surface area contributed by atoms with E-state index in [0.717, 1.165) is 11.1 Å². The Balaban J connectivity index is 1.74. The zero-order chi connectivity index (χ0) is 20.1. The molecule has 0 saturated carbocycles. The molecule has 1 aliphatic rings. The molecule has 0 aromatic heterocycles. The molecule has 0 spiro atoms. The number of carbonyl (C=O) groups excluding carboxylic acids is 2. The molecule has 1 unspecified atom stereocenters. The van der Waals surface area contributed by atoms with Crippen LogP contribution in [0.15, 0.2) is 66.7 Å². The normalized spacial score (nSPS) is 19.1. The second-order valence-electron chi connectivity index (χ2n) is 7.07. The zero-order valence-electron chi connectivity index (χ0n) is 15.8. The van der Waals surface area contributed by atoms with Crippen LogP contribution in [0.5, 0.6) is 0 Å². The Labute approximate surface area is 175 Å². The fraction of sp³-hybridized carbons (Fsp3) is 0.227. The molecule has 2 aromatic rings. The van der Waals surface area contributed by atoms with Crippen molar-refractivity contribution in [3.8, 4) is 0 Å². The molecule has 0 radical (unpaired) electrons. The van der Waals surface area contributed by atoms with E-state index in [-0.39, 0.29) is 11.8 Å². The van der Waals surface area contributed by atoms with Crippen LogP contribution >= 0.6 is 24.0 Å². The zero-order valence-corrected chi connectivity index (χ0v) is 17.4. The quantitative estimate of drug-likeness (QED) is 0.597. The van der Waals surface area contributed by atoms with E-state index in [0.29, 0.717) is 10.9 Å². The Morgan fingerprint density at radius 1 is 1.14 bits per heavy atom. The van der Waals surface area contributed by atoms with Gasteiger partial charge in [0.1, 0.15) is 10.4 Å². The number of thioether (sulfide) groups is 1. The summed E-state index contributed by atoms with van der Waals surface area (Å²) in [7, 11) is 0. The summed E-state index contributed by atoms with van der Waals surface area (Å²) in [5, 5.41) is 2.87. The summed E-state index contributed by atoms with van der Waals surface area (Å²) in [5.74, 6) is -0.484. The Morgan fingerprint density at radius 2 is 1.75 bits per heavy atom. The Morgan fingerprint density at radius 3 is 2.39 bits per heavy atom. The van der Waals surface area contributed by atoms with Crippen molar-refractivity contribution in [2.45, 2.75) is 31.2 Å². The summed E-state index contributed by atoms with van der Waals surface area (Å²) in [5.41, 5.74) is 1.92. The second kappa shape index (κ2) is 8.71. The van der Waals surface area contributed by atoms with Gasteiger partial charge in [0.05, 0.1) is 6.54 Å². The van der Waals surface area contributed by atoms with Crippen LogP contribution in [0.2, 0.25) is 0 Å².